The number of rotatable bonds is 4. The molecule has 0 aromatic heterocycles. The molecule has 0 radical (unpaired) electrons. The van der Waals surface area contributed by atoms with E-state index in [1.54, 1.807) is 24.3 Å². The maximum Gasteiger partial charge on any atom is 0.310 e. The van der Waals surface area contributed by atoms with E-state index in [0.29, 0.717) is 24.8 Å². The highest BCUT2D eigenvalue weighted by atomic mass is 16.4. The summed E-state index contributed by atoms with van der Waals surface area (Å²) in [7, 11) is 0. The molecule has 1 aromatic rings. The average Bonchev–Trinajstić information content (AvgIpc) is 2.40. The number of carbonyl (C=O) groups excluding carboxylic acids is 1. The quantitative estimate of drug-likeness (QED) is 0.747. The first-order valence-corrected chi connectivity index (χ1v) is 6.36. The van der Waals surface area contributed by atoms with Gasteiger partial charge in [0.15, 0.2) is 0 Å². The molecule has 0 bridgehead atoms. The third kappa shape index (κ3) is 2.93. The molecule has 1 aliphatic rings. The van der Waals surface area contributed by atoms with E-state index in [2.05, 4.69) is 5.32 Å². The molecule has 5 nitrogen and oxygen atoms in total. The molecule has 1 fully saturated rings. The van der Waals surface area contributed by atoms with Crippen molar-refractivity contribution in [3.8, 4) is 0 Å². The van der Waals surface area contributed by atoms with E-state index >= 15 is 0 Å². The summed E-state index contributed by atoms with van der Waals surface area (Å²) >= 11 is 0. The van der Waals surface area contributed by atoms with Crippen LogP contribution in [0.25, 0.3) is 0 Å². The van der Waals surface area contributed by atoms with Crippen molar-refractivity contribution < 1.29 is 14.7 Å². The molecule has 1 heterocycles. The molecular formula is C14H18N2O3. The highest BCUT2D eigenvalue weighted by Crippen LogP contribution is 2.33. The number of nitrogens with one attached hydrogen (secondary N) is 1. The van der Waals surface area contributed by atoms with Gasteiger partial charge in [0.1, 0.15) is 0 Å². The fraction of sp³-hybridized carbons (Fsp3) is 0.429. The van der Waals surface area contributed by atoms with Gasteiger partial charge in [-0.15, -0.1) is 0 Å². The van der Waals surface area contributed by atoms with Crippen molar-refractivity contribution >= 4 is 11.9 Å². The Morgan fingerprint density at radius 3 is 2.26 bits per heavy atom. The monoisotopic (exact) mass is 262 g/mol. The van der Waals surface area contributed by atoms with Crippen LogP contribution in [0.4, 0.5) is 0 Å². The van der Waals surface area contributed by atoms with Gasteiger partial charge in [-0.2, -0.15) is 0 Å². The van der Waals surface area contributed by atoms with Crippen LogP contribution in [-0.4, -0.2) is 30.1 Å². The lowest BCUT2D eigenvalue weighted by molar-refractivity contribution is -0.150. The fourth-order valence-electron chi connectivity index (χ4n) is 2.55. The van der Waals surface area contributed by atoms with Crippen molar-refractivity contribution in [1.29, 1.82) is 0 Å². The lowest BCUT2D eigenvalue weighted by Gasteiger charge is -2.33. The topological polar surface area (TPSA) is 92.4 Å². The van der Waals surface area contributed by atoms with Crippen LogP contribution in [0.3, 0.4) is 0 Å². The number of hydrogen-bond donors (Lipinski definition) is 3. The number of benzene rings is 1. The number of primary amides is 1. The third-order valence-corrected chi connectivity index (χ3v) is 3.80. The maximum atomic E-state index is 11.6. The Labute approximate surface area is 111 Å². The van der Waals surface area contributed by atoms with Crippen molar-refractivity contribution in [2.75, 3.05) is 13.1 Å². The van der Waals surface area contributed by atoms with Gasteiger partial charge in [0.2, 0.25) is 5.91 Å². The first-order valence-electron chi connectivity index (χ1n) is 6.36. The molecule has 0 saturated carbocycles. The number of aliphatic carboxylic acids is 1. The number of piperidine rings is 1. The van der Waals surface area contributed by atoms with Crippen molar-refractivity contribution in [1.82, 2.24) is 5.32 Å². The molecule has 0 spiro atoms. The van der Waals surface area contributed by atoms with Crippen molar-refractivity contribution in [3.05, 3.63) is 35.4 Å². The zero-order valence-corrected chi connectivity index (χ0v) is 10.7. The van der Waals surface area contributed by atoms with Crippen molar-refractivity contribution in [2.45, 2.75) is 19.3 Å². The lowest BCUT2D eigenvalue weighted by atomic mass is 9.74. The number of carbonyl (C=O) groups is 2. The van der Waals surface area contributed by atoms with Gasteiger partial charge in [0.05, 0.1) is 5.41 Å². The Bertz CT molecular complexity index is 476. The average molecular weight is 262 g/mol. The Hall–Kier alpha value is -1.88. The molecule has 5 heteroatoms. The Balaban J connectivity index is 2.17. The number of nitrogens with two attached hydrogens (primary N) is 1. The minimum absolute atomic E-state index is 0.443. The highest BCUT2D eigenvalue weighted by Gasteiger charge is 2.39. The van der Waals surface area contributed by atoms with Crippen LogP contribution in [0.2, 0.25) is 0 Å². The first kappa shape index (κ1) is 13.5. The maximum absolute atomic E-state index is 11.6. The Morgan fingerprint density at radius 2 is 1.79 bits per heavy atom. The van der Waals surface area contributed by atoms with Crippen LogP contribution < -0.4 is 11.1 Å². The van der Waals surface area contributed by atoms with Gasteiger partial charge < -0.3 is 16.2 Å². The van der Waals surface area contributed by atoms with Crippen LogP contribution in [0.15, 0.2) is 24.3 Å². The molecule has 1 aromatic carbocycles. The second-order valence-electron chi connectivity index (χ2n) is 5.07. The number of hydrogen-bond acceptors (Lipinski definition) is 3. The summed E-state index contributed by atoms with van der Waals surface area (Å²) in [5.41, 5.74) is 5.85. The van der Waals surface area contributed by atoms with Gasteiger partial charge in [-0.1, -0.05) is 12.1 Å². The van der Waals surface area contributed by atoms with Gasteiger partial charge in [-0.25, -0.2) is 0 Å². The summed E-state index contributed by atoms with van der Waals surface area (Å²) in [6.45, 7) is 1.46. The molecule has 0 atom stereocenters. The molecule has 1 aliphatic heterocycles. The number of carboxylic acid groups (broad SMARTS) is 1. The summed E-state index contributed by atoms with van der Waals surface area (Å²) in [5, 5.41) is 12.7. The van der Waals surface area contributed by atoms with E-state index < -0.39 is 17.3 Å². The molecule has 0 unspecified atom stereocenters. The fourth-order valence-corrected chi connectivity index (χ4v) is 2.55. The smallest absolute Gasteiger partial charge is 0.310 e. The van der Waals surface area contributed by atoms with Crippen LogP contribution in [0.5, 0.6) is 0 Å². The van der Waals surface area contributed by atoms with E-state index in [-0.39, 0.29) is 0 Å². The van der Waals surface area contributed by atoms with Crippen LogP contribution in [0, 0.1) is 5.41 Å². The molecule has 102 valence electrons. The number of carboxylic acids is 1. The molecule has 1 saturated heterocycles. The van der Waals surface area contributed by atoms with E-state index in [9.17, 15) is 14.7 Å². The van der Waals surface area contributed by atoms with Crippen molar-refractivity contribution in [3.63, 3.8) is 0 Å². The van der Waals surface area contributed by atoms with E-state index in [4.69, 9.17) is 5.73 Å². The SMILES string of the molecule is NC(=O)c1ccc(CC2(C(=O)O)CCNCC2)cc1. The normalized spacial score (nSPS) is 17.9. The van der Waals surface area contributed by atoms with Crippen LogP contribution >= 0.6 is 0 Å². The summed E-state index contributed by atoms with van der Waals surface area (Å²) in [6, 6.07) is 6.86. The standard InChI is InChI=1S/C14H18N2O3/c15-12(17)11-3-1-10(2-4-11)9-14(13(18)19)5-7-16-8-6-14/h1-4,16H,5-9H2,(H2,15,17)(H,18,19). The van der Waals surface area contributed by atoms with Crippen molar-refractivity contribution in [2.24, 2.45) is 11.1 Å². The second-order valence-corrected chi connectivity index (χ2v) is 5.07. The Morgan fingerprint density at radius 1 is 1.21 bits per heavy atom. The molecule has 0 aliphatic carbocycles. The third-order valence-electron chi connectivity index (χ3n) is 3.80. The summed E-state index contributed by atoms with van der Waals surface area (Å²) in [5.74, 6) is -1.21. The highest BCUT2D eigenvalue weighted by molar-refractivity contribution is 5.92. The van der Waals surface area contributed by atoms with Gasteiger partial charge >= 0.3 is 5.97 Å². The minimum Gasteiger partial charge on any atom is -0.481 e. The van der Waals surface area contributed by atoms with Gasteiger partial charge in [0.25, 0.3) is 0 Å². The minimum atomic E-state index is -0.743. The number of amides is 1. The van der Waals surface area contributed by atoms with E-state index in [0.717, 1.165) is 18.7 Å². The van der Waals surface area contributed by atoms with Crippen LogP contribution in [-0.2, 0) is 11.2 Å². The zero-order chi connectivity index (χ0) is 13.9. The molecule has 2 rings (SSSR count). The largest absolute Gasteiger partial charge is 0.481 e. The first-order chi connectivity index (χ1) is 9.03. The van der Waals surface area contributed by atoms with Gasteiger partial charge in [-0.05, 0) is 50.0 Å². The summed E-state index contributed by atoms with van der Waals surface area (Å²) in [6.07, 6.45) is 1.74. The zero-order valence-electron chi connectivity index (χ0n) is 10.7. The second kappa shape index (κ2) is 5.40. The predicted octanol–water partition coefficient (Wildman–Crippen LogP) is 0.782. The Kier molecular flexibility index (Phi) is 3.85. The molecule has 4 N–H and O–H groups in total. The van der Waals surface area contributed by atoms with Gasteiger partial charge in [0, 0.05) is 5.56 Å². The summed E-state index contributed by atoms with van der Waals surface area (Å²) in [4.78, 5) is 22.5. The summed E-state index contributed by atoms with van der Waals surface area (Å²) < 4.78 is 0. The van der Waals surface area contributed by atoms with E-state index in [1.165, 1.54) is 0 Å². The molecular weight excluding hydrogens is 244 g/mol. The van der Waals surface area contributed by atoms with Crippen LogP contribution in [0.1, 0.15) is 28.8 Å². The lowest BCUT2D eigenvalue weighted by Crippen LogP contribution is -2.43. The van der Waals surface area contributed by atoms with Gasteiger partial charge in [-0.3, -0.25) is 9.59 Å². The van der Waals surface area contributed by atoms with E-state index in [1.807, 2.05) is 0 Å². The molecule has 19 heavy (non-hydrogen) atoms. The predicted molar refractivity (Wildman–Crippen MR) is 70.8 cm³/mol. The molecule has 1 amide bonds.